The summed E-state index contributed by atoms with van der Waals surface area (Å²) in [6, 6.07) is 26.4. The van der Waals surface area contributed by atoms with E-state index < -0.39 is 0 Å². The van der Waals surface area contributed by atoms with E-state index in [1.54, 1.807) is 0 Å². The predicted molar refractivity (Wildman–Crippen MR) is 108 cm³/mol. The fraction of sp³-hybridized carbons (Fsp3) is 0.0833. The predicted octanol–water partition coefficient (Wildman–Crippen LogP) is 0.659. The molecular formula is C24H17BrCl2Zr. The van der Waals surface area contributed by atoms with E-state index in [4.69, 9.17) is 0 Å². The Morgan fingerprint density at radius 3 is 2.25 bits per heavy atom. The van der Waals surface area contributed by atoms with Crippen LogP contribution in [0.1, 0.15) is 23.1 Å². The Balaban J connectivity index is 0.000000254. The third kappa shape index (κ3) is 5.80. The zero-order valence-electron chi connectivity index (χ0n) is 15.1. The molecule has 3 aromatic carbocycles. The molecule has 0 N–H and O–H groups in total. The molecule has 0 atom stereocenters. The number of halogens is 3. The van der Waals surface area contributed by atoms with Crippen molar-refractivity contribution in [2.75, 3.05) is 0 Å². The van der Waals surface area contributed by atoms with Crippen LogP contribution >= 0.6 is 15.9 Å². The number of hydrogen-bond acceptors (Lipinski definition) is 0. The van der Waals surface area contributed by atoms with Crippen molar-refractivity contribution < 1.29 is 51.0 Å². The van der Waals surface area contributed by atoms with Gasteiger partial charge in [-0.3, -0.25) is 6.08 Å². The monoisotopic (exact) mass is 544 g/mol. The Labute approximate surface area is 207 Å². The number of hydrogen-bond donors (Lipinski definition) is 0. The molecule has 0 bridgehead atoms. The first kappa shape index (κ1) is 25.1. The number of allylic oxidation sites excluding steroid dienone is 4. The molecule has 0 aliphatic heterocycles. The Morgan fingerprint density at radius 1 is 0.821 bits per heavy atom. The van der Waals surface area contributed by atoms with E-state index >= 15 is 0 Å². The summed E-state index contributed by atoms with van der Waals surface area (Å²) in [7, 11) is 0. The van der Waals surface area contributed by atoms with E-state index in [1.165, 1.54) is 33.4 Å². The zero-order valence-corrected chi connectivity index (χ0v) is 20.6. The summed E-state index contributed by atoms with van der Waals surface area (Å²) in [5.41, 5.74) is 8.06. The molecule has 5 rings (SSSR count). The molecule has 0 unspecified atom stereocenters. The zero-order chi connectivity index (χ0) is 17.1. The van der Waals surface area contributed by atoms with Gasteiger partial charge in [-0.15, -0.1) is 17.5 Å². The van der Waals surface area contributed by atoms with Gasteiger partial charge in [0, 0.05) is 4.47 Å². The van der Waals surface area contributed by atoms with Crippen LogP contribution in [0.2, 0.25) is 0 Å². The van der Waals surface area contributed by atoms with Crippen molar-refractivity contribution in [3.63, 3.8) is 0 Å². The summed E-state index contributed by atoms with van der Waals surface area (Å²) in [5.74, 6) is 0. The minimum absolute atomic E-state index is 0. The smallest absolute Gasteiger partial charge is 1.00 e. The van der Waals surface area contributed by atoms with Gasteiger partial charge in [-0.1, -0.05) is 63.5 Å². The molecule has 0 radical (unpaired) electrons. The van der Waals surface area contributed by atoms with Crippen LogP contribution in [0.5, 0.6) is 0 Å². The molecule has 0 saturated carbocycles. The third-order valence-electron chi connectivity index (χ3n) is 4.49. The van der Waals surface area contributed by atoms with Gasteiger partial charge in [-0.2, -0.15) is 41.5 Å². The average molecular weight is 547 g/mol. The molecule has 0 aromatic heterocycles. The first-order chi connectivity index (χ1) is 12.3. The van der Waals surface area contributed by atoms with Gasteiger partial charge in [-0.05, 0) is 18.6 Å². The summed E-state index contributed by atoms with van der Waals surface area (Å²) < 4.78 is 1.12. The molecule has 0 saturated heterocycles. The van der Waals surface area contributed by atoms with Crippen LogP contribution in [0.15, 0.2) is 83.4 Å². The summed E-state index contributed by atoms with van der Waals surface area (Å²) >= 11 is 3.41. The van der Waals surface area contributed by atoms with E-state index in [2.05, 4.69) is 94.8 Å². The van der Waals surface area contributed by atoms with Crippen LogP contribution in [-0.2, 0) is 32.6 Å². The first-order valence-electron chi connectivity index (χ1n) is 8.42. The van der Waals surface area contributed by atoms with E-state index in [0.29, 0.717) is 0 Å². The second-order valence-corrected chi connectivity index (χ2v) is 7.03. The summed E-state index contributed by atoms with van der Waals surface area (Å²) in [6.07, 6.45) is 9.38. The van der Waals surface area contributed by atoms with Crippen molar-refractivity contribution in [2.45, 2.75) is 12.8 Å². The maximum atomic E-state index is 3.41. The SMILES string of the molecule is Brc1ccc(C2=CC[C-]=C2)cc1.[Cl-].[Cl-].[Zr+4].[c-]1cccc2c1Cc1ccccc1-2. The minimum atomic E-state index is 0. The van der Waals surface area contributed by atoms with Gasteiger partial charge in [0.1, 0.15) is 0 Å². The van der Waals surface area contributed by atoms with Gasteiger partial charge < -0.3 is 24.8 Å². The minimum Gasteiger partial charge on any atom is -1.00 e. The molecule has 0 amide bonds. The van der Waals surface area contributed by atoms with Gasteiger partial charge in [0.05, 0.1) is 0 Å². The normalized spacial score (nSPS) is 12.1. The van der Waals surface area contributed by atoms with Crippen LogP contribution in [0, 0.1) is 12.1 Å². The second kappa shape index (κ2) is 11.9. The molecule has 3 aromatic rings. The first-order valence-corrected chi connectivity index (χ1v) is 9.21. The van der Waals surface area contributed by atoms with Crippen molar-refractivity contribution >= 4 is 21.5 Å². The van der Waals surface area contributed by atoms with Crippen molar-refractivity contribution in [3.05, 3.63) is 112 Å². The van der Waals surface area contributed by atoms with Crippen LogP contribution in [0.25, 0.3) is 16.7 Å². The Hall–Kier alpha value is -0.917. The van der Waals surface area contributed by atoms with Crippen LogP contribution in [0.4, 0.5) is 0 Å². The van der Waals surface area contributed by atoms with Crippen LogP contribution in [0.3, 0.4) is 0 Å². The summed E-state index contributed by atoms with van der Waals surface area (Å²) in [6.45, 7) is 0. The fourth-order valence-corrected chi connectivity index (χ4v) is 3.50. The van der Waals surface area contributed by atoms with Crippen molar-refractivity contribution in [3.8, 4) is 11.1 Å². The molecule has 4 heteroatoms. The van der Waals surface area contributed by atoms with Crippen LogP contribution in [-0.4, -0.2) is 0 Å². The second-order valence-electron chi connectivity index (χ2n) is 6.12. The molecule has 28 heavy (non-hydrogen) atoms. The van der Waals surface area contributed by atoms with Gasteiger partial charge in [0.25, 0.3) is 0 Å². The Bertz CT molecular complexity index is 919. The van der Waals surface area contributed by atoms with Crippen molar-refractivity contribution in [1.29, 1.82) is 0 Å². The summed E-state index contributed by atoms with van der Waals surface area (Å²) in [4.78, 5) is 0. The topological polar surface area (TPSA) is 0 Å². The van der Waals surface area contributed by atoms with E-state index in [9.17, 15) is 0 Å². The van der Waals surface area contributed by atoms with Crippen molar-refractivity contribution in [1.82, 2.24) is 0 Å². The molecule has 138 valence electrons. The molecule has 0 nitrogen and oxygen atoms in total. The van der Waals surface area contributed by atoms with E-state index in [0.717, 1.165) is 17.3 Å². The van der Waals surface area contributed by atoms with Crippen molar-refractivity contribution in [2.24, 2.45) is 0 Å². The molecule has 0 fully saturated rings. The summed E-state index contributed by atoms with van der Waals surface area (Å²) in [5, 5.41) is 0. The quantitative estimate of drug-likeness (QED) is 0.308. The third-order valence-corrected chi connectivity index (χ3v) is 5.02. The maximum absolute atomic E-state index is 3.41. The molecule has 0 heterocycles. The Morgan fingerprint density at radius 2 is 1.54 bits per heavy atom. The van der Waals surface area contributed by atoms with Gasteiger partial charge in [-0.25, -0.2) is 6.08 Å². The molecule has 2 aliphatic rings. The van der Waals surface area contributed by atoms with E-state index in [1.807, 2.05) is 12.1 Å². The standard InChI is InChI=1S/C13H9.C11H8Br.2ClH.Zr/c1-3-7-12-10(5-1)9-11-6-2-4-8-13(11)12;12-11-7-5-10(6-8-11)9-3-1-2-4-9;;;/h1-5,7-8H,9H2;3-8H,1H2;2*1H;/q2*-1;;;+4/p-2. The van der Waals surface area contributed by atoms with Gasteiger partial charge >= 0.3 is 26.2 Å². The largest absolute Gasteiger partial charge is 4.00 e. The molecule has 2 aliphatic carbocycles. The Kier molecular flexibility index (Phi) is 10.7. The molecular weight excluding hydrogens is 530 g/mol. The van der Waals surface area contributed by atoms with E-state index in [-0.39, 0.29) is 51.0 Å². The van der Waals surface area contributed by atoms with Gasteiger partial charge in [0.15, 0.2) is 0 Å². The number of rotatable bonds is 1. The molecule has 0 spiro atoms. The fourth-order valence-electron chi connectivity index (χ4n) is 3.24. The average Bonchev–Trinajstić information content (AvgIpc) is 3.31. The number of benzene rings is 3. The number of fused-ring (bicyclic) bond motifs is 3. The maximum Gasteiger partial charge on any atom is 4.00 e. The van der Waals surface area contributed by atoms with Gasteiger partial charge in [0.2, 0.25) is 0 Å². The van der Waals surface area contributed by atoms with Crippen LogP contribution < -0.4 is 24.8 Å².